The maximum absolute atomic E-state index is 13.0. The molecule has 0 spiro atoms. The third-order valence-electron chi connectivity index (χ3n) is 5.68. The maximum Gasteiger partial charge on any atom is 0.255 e. The van der Waals surface area contributed by atoms with E-state index >= 15 is 0 Å². The topological polar surface area (TPSA) is 96.7 Å². The Morgan fingerprint density at radius 2 is 1.74 bits per heavy atom. The Morgan fingerprint density at radius 1 is 1.06 bits per heavy atom. The van der Waals surface area contributed by atoms with E-state index in [2.05, 4.69) is 5.32 Å². The number of rotatable bonds is 4. The molecule has 8 heteroatoms. The van der Waals surface area contributed by atoms with Crippen LogP contribution < -0.4 is 10.7 Å². The smallest absolute Gasteiger partial charge is 0.255 e. The van der Waals surface area contributed by atoms with E-state index in [4.69, 9.17) is 4.42 Å². The molecule has 2 aromatic carbocycles. The van der Waals surface area contributed by atoms with Crippen molar-refractivity contribution in [1.29, 1.82) is 0 Å². The summed E-state index contributed by atoms with van der Waals surface area (Å²) in [7, 11) is -3.23. The fourth-order valence-corrected chi connectivity index (χ4v) is 4.82. The van der Waals surface area contributed by atoms with Crippen molar-refractivity contribution in [2.75, 3.05) is 19.3 Å². The van der Waals surface area contributed by atoms with E-state index in [0.717, 1.165) is 5.56 Å². The van der Waals surface area contributed by atoms with Gasteiger partial charge < -0.3 is 9.73 Å². The molecule has 1 aliphatic rings. The Morgan fingerprint density at radius 3 is 2.39 bits per heavy atom. The number of hydrogen-bond acceptors (Lipinski definition) is 5. The molecule has 3 aromatic rings. The summed E-state index contributed by atoms with van der Waals surface area (Å²) in [5.41, 5.74) is 1.63. The van der Waals surface area contributed by atoms with Gasteiger partial charge in [-0.15, -0.1) is 0 Å². The minimum atomic E-state index is -3.23. The lowest BCUT2D eigenvalue weighted by atomic mass is 10.0. The molecule has 0 unspecified atom stereocenters. The van der Waals surface area contributed by atoms with Crippen LogP contribution in [0.25, 0.3) is 22.3 Å². The van der Waals surface area contributed by atoms with Crippen molar-refractivity contribution >= 4 is 26.9 Å². The molecule has 1 aromatic heterocycles. The Hall–Kier alpha value is -2.97. The van der Waals surface area contributed by atoms with Crippen molar-refractivity contribution in [2.45, 2.75) is 25.8 Å². The van der Waals surface area contributed by atoms with Crippen LogP contribution in [0.15, 0.2) is 57.7 Å². The summed E-state index contributed by atoms with van der Waals surface area (Å²) in [5, 5.41) is 3.33. The number of hydrogen-bond donors (Lipinski definition) is 1. The van der Waals surface area contributed by atoms with E-state index in [-0.39, 0.29) is 28.5 Å². The summed E-state index contributed by atoms with van der Waals surface area (Å²) >= 11 is 0. The van der Waals surface area contributed by atoms with Gasteiger partial charge in [0.25, 0.3) is 5.91 Å². The van der Waals surface area contributed by atoms with Gasteiger partial charge in [-0.2, -0.15) is 0 Å². The molecule has 1 N–H and O–H groups in total. The average molecular weight is 441 g/mol. The molecular formula is C23H24N2O5S. The van der Waals surface area contributed by atoms with E-state index in [1.54, 1.807) is 25.1 Å². The molecule has 162 valence electrons. The molecule has 0 aliphatic carbocycles. The molecule has 0 atom stereocenters. The molecule has 2 heterocycles. The Kier molecular flexibility index (Phi) is 5.68. The van der Waals surface area contributed by atoms with Crippen molar-refractivity contribution in [3.8, 4) is 11.3 Å². The molecule has 0 radical (unpaired) electrons. The number of benzene rings is 2. The maximum atomic E-state index is 13.0. The first-order valence-electron chi connectivity index (χ1n) is 10.1. The van der Waals surface area contributed by atoms with E-state index in [9.17, 15) is 18.0 Å². The largest absolute Gasteiger partial charge is 0.455 e. The molecule has 31 heavy (non-hydrogen) atoms. The SMILES string of the molecule is Cc1c(-c2ccccc2)oc2c(C(=O)NC3CCN(S(C)(=O)=O)CC3)cccc2c1=O. The highest BCUT2D eigenvalue weighted by molar-refractivity contribution is 7.88. The second kappa shape index (κ2) is 8.28. The molecule has 0 saturated carbocycles. The van der Waals surface area contributed by atoms with Crippen molar-refractivity contribution in [1.82, 2.24) is 9.62 Å². The summed E-state index contributed by atoms with van der Waals surface area (Å²) in [4.78, 5) is 26.0. The van der Waals surface area contributed by atoms with Gasteiger partial charge in [-0.05, 0) is 31.9 Å². The first-order valence-corrected chi connectivity index (χ1v) is 12.0. The average Bonchev–Trinajstić information content (AvgIpc) is 2.76. The molecular weight excluding hydrogens is 416 g/mol. The number of fused-ring (bicyclic) bond motifs is 1. The fraction of sp³-hybridized carbons (Fsp3) is 0.304. The quantitative estimate of drug-likeness (QED) is 0.673. The van der Waals surface area contributed by atoms with Crippen molar-refractivity contribution < 1.29 is 17.6 Å². The second-order valence-corrected chi connectivity index (χ2v) is 9.83. The minimum absolute atomic E-state index is 0.147. The minimum Gasteiger partial charge on any atom is -0.455 e. The number of piperidine rings is 1. The van der Waals surface area contributed by atoms with Crippen LogP contribution in [0.4, 0.5) is 0 Å². The zero-order valence-corrected chi connectivity index (χ0v) is 18.2. The predicted octanol–water partition coefficient (Wildman–Crippen LogP) is 2.92. The van der Waals surface area contributed by atoms with Gasteiger partial charge in [-0.3, -0.25) is 9.59 Å². The highest BCUT2D eigenvalue weighted by Crippen LogP contribution is 2.27. The number of nitrogens with zero attached hydrogens (tertiary/aromatic N) is 1. The standard InChI is InChI=1S/C23H24N2O5S/c1-15-20(26)18-9-6-10-19(22(18)30-21(15)16-7-4-3-5-8-16)23(27)24-17-11-13-25(14-12-17)31(2,28)29/h3-10,17H,11-14H2,1-2H3,(H,24,27). The third-order valence-corrected chi connectivity index (χ3v) is 6.99. The lowest BCUT2D eigenvalue weighted by Gasteiger charge is -2.30. The molecule has 1 saturated heterocycles. The Bertz CT molecular complexity index is 1290. The van der Waals surface area contributed by atoms with Gasteiger partial charge >= 0.3 is 0 Å². The summed E-state index contributed by atoms with van der Waals surface area (Å²) in [6.45, 7) is 2.45. The van der Waals surface area contributed by atoms with E-state index in [1.165, 1.54) is 10.6 Å². The molecule has 0 bridgehead atoms. The van der Waals surface area contributed by atoms with Crippen molar-refractivity contribution in [3.05, 3.63) is 69.9 Å². The van der Waals surface area contributed by atoms with E-state index in [0.29, 0.717) is 42.6 Å². The Labute approximate surface area is 180 Å². The van der Waals surface area contributed by atoms with Gasteiger partial charge in [-0.1, -0.05) is 36.4 Å². The molecule has 4 rings (SSSR count). The predicted molar refractivity (Wildman–Crippen MR) is 120 cm³/mol. The number of carbonyl (C=O) groups is 1. The highest BCUT2D eigenvalue weighted by atomic mass is 32.2. The zero-order valence-electron chi connectivity index (χ0n) is 17.4. The summed E-state index contributed by atoms with van der Waals surface area (Å²) in [6, 6.07) is 14.1. The number of para-hydroxylation sites is 1. The van der Waals surface area contributed by atoms with Gasteiger partial charge in [0.2, 0.25) is 10.0 Å². The summed E-state index contributed by atoms with van der Waals surface area (Å²) < 4.78 is 30.9. The third kappa shape index (κ3) is 4.26. The lowest BCUT2D eigenvalue weighted by Crippen LogP contribution is -2.46. The van der Waals surface area contributed by atoms with Crippen LogP contribution in [-0.2, 0) is 10.0 Å². The van der Waals surface area contributed by atoms with Gasteiger partial charge in [0.15, 0.2) is 11.0 Å². The van der Waals surface area contributed by atoms with Crippen LogP contribution in [0.3, 0.4) is 0 Å². The van der Waals surface area contributed by atoms with Crippen LogP contribution in [0.1, 0.15) is 28.8 Å². The van der Waals surface area contributed by atoms with Crippen LogP contribution in [-0.4, -0.2) is 44.0 Å². The molecule has 1 fully saturated rings. The molecule has 1 amide bonds. The summed E-state index contributed by atoms with van der Waals surface area (Å²) in [5.74, 6) is 0.106. The van der Waals surface area contributed by atoms with Crippen LogP contribution >= 0.6 is 0 Å². The van der Waals surface area contributed by atoms with Crippen LogP contribution in [0.5, 0.6) is 0 Å². The fourth-order valence-electron chi connectivity index (χ4n) is 3.95. The van der Waals surface area contributed by atoms with Crippen molar-refractivity contribution in [2.24, 2.45) is 0 Å². The number of amides is 1. The van der Waals surface area contributed by atoms with E-state index in [1.807, 2.05) is 30.3 Å². The summed E-state index contributed by atoms with van der Waals surface area (Å²) in [6.07, 6.45) is 2.25. The first kappa shape index (κ1) is 21.3. The Balaban J connectivity index is 1.66. The first-order chi connectivity index (χ1) is 14.8. The number of carbonyl (C=O) groups excluding carboxylic acids is 1. The number of nitrogens with one attached hydrogen (secondary N) is 1. The normalized spacial score (nSPS) is 15.8. The van der Waals surface area contributed by atoms with Gasteiger partial charge in [0.05, 0.1) is 17.2 Å². The molecule has 7 nitrogen and oxygen atoms in total. The molecule has 1 aliphatic heterocycles. The lowest BCUT2D eigenvalue weighted by molar-refractivity contribution is 0.0924. The monoisotopic (exact) mass is 440 g/mol. The van der Waals surface area contributed by atoms with E-state index < -0.39 is 10.0 Å². The van der Waals surface area contributed by atoms with Gasteiger partial charge in [-0.25, -0.2) is 12.7 Å². The van der Waals surface area contributed by atoms with Crippen molar-refractivity contribution in [3.63, 3.8) is 0 Å². The number of sulfonamides is 1. The van der Waals surface area contributed by atoms with Crippen LogP contribution in [0.2, 0.25) is 0 Å². The van der Waals surface area contributed by atoms with Crippen LogP contribution in [0, 0.1) is 6.92 Å². The second-order valence-electron chi connectivity index (χ2n) is 7.84. The highest BCUT2D eigenvalue weighted by Gasteiger charge is 2.27. The van der Waals surface area contributed by atoms with Gasteiger partial charge in [0, 0.05) is 30.3 Å². The van der Waals surface area contributed by atoms with Gasteiger partial charge in [0.1, 0.15) is 5.76 Å². The zero-order chi connectivity index (χ0) is 22.2.